The average molecular weight is 506 g/mol. The first-order valence-corrected chi connectivity index (χ1v) is 12.1. The molecule has 9 nitrogen and oxygen atoms in total. The third-order valence-corrected chi connectivity index (χ3v) is 6.39. The number of carbonyl (C=O) groups is 1. The Morgan fingerprint density at radius 1 is 0.889 bits per heavy atom. The molecule has 0 bridgehead atoms. The zero-order valence-corrected chi connectivity index (χ0v) is 20.3. The van der Waals surface area contributed by atoms with Crippen LogP contribution in [0.15, 0.2) is 101 Å². The fraction of sp³-hybridized carbons (Fsp3) is 0.0769. The van der Waals surface area contributed by atoms with Crippen LogP contribution < -0.4 is 19.1 Å². The molecule has 10 heteroatoms. The number of benzene rings is 3. The number of hydrogen-bond acceptors (Lipinski definition) is 7. The van der Waals surface area contributed by atoms with Crippen LogP contribution in [0.25, 0.3) is 5.69 Å². The maximum absolute atomic E-state index is 12.7. The van der Waals surface area contributed by atoms with E-state index in [0.717, 1.165) is 5.69 Å². The molecule has 0 saturated carbocycles. The average Bonchev–Trinajstić information content (AvgIpc) is 3.44. The molecule has 0 fully saturated rings. The number of para-hydroxylation sites is 1. The second kappa shape index (κ2) is 10.8. The van der Waals surface area contributed by atoms with Crippen molar-refractivity contribution in [2.75, 3.05) is 14.2 Å². The molecule has 0 aliphatic heterocycles. The molecule has 0 unspecified atom stereocenters. The maximum atomic E-state index is 12.7. The quantitative estimate of drug-likeness (QED) is 0.209. The number of nitrogens with one attached hydrogen (secondary N) is 1. The predicted octanol–water partition coefficient (Wildman–Crippen LogP) is 4.03. The van der Waals surface area contributed by atoms with Gasteiger partial charge in [-0.25, -0.2) is 5.43 Å². The maximum Gasteiger partial charge on any atom is 0.339 e. The highest BCUT2D eigenvalue weighted by atomic mass is 32.2. The summed E-state index contributed by atoms with van der Waals surface area (Å²) >= 11 is 0. The van der Waals surface area contributed by atoms with E-state index in [0.29, 0.717) is 16.9 Å². The van der Waals surface area contributed by atoms with Gasteiger partial charge in [0, 0.05) is 12.4 Å². The summed E-state index contributed by atoms with van der Waals surface area (Å²) < 4.78 is 42.8. The fourth-order valence-corrected chi connectivity index (χ4v) is 4.29. The van der Waals surface area contributed by atoms with E-state index in [4.69, 9.17) is 13.7 Å². The van der Waals surface area contributed by atoms with Crippen molar-refractivity contribution in [2.45, 2.75) is 4.90 Å². The van der Waals surface area contributed by atoms with E-state index < -0.39 is 10.1 Å². The molecule has 0 saturated heterocycles. The third kappa shape index (κ3) is 5.56. The molecule has 1 aromatic heterocycles. The molecule has 0 aliphatic rings. The van der Waals surface area contributed by atoms with Crippen molar-refractivity contribution < 1.29 is 26.9 Å². The fourth-order valence-electron chi connectivity index (χ4n) is 3.35. The van der Waals surface area contributed by atoms with Crippen molar-refractivity contribution in [3.05, 3.63) is 102 Å². The van der Waals surface area contributed by atoms with Crippen LogP contribution in [-0.2, 0) is 10.1 Å². The molecule has 4 rings (SSSR count). The number of methoxy groups -OCH3 is 2. The lowest BCUT2D eigenvalue weighted by atomic mass is 10.1. The SMILES string of the molecule is COc1ccc(S(=O)(=O)Oc2ccc(/C=N\NC(=O)c3ccccc3-n3cccc3)cc2OC)cc1. The Bertz CT molecular complexity index is 1480. The molecule has 0 spiro atoms. The van der Waals surface area contributed by atoms with E-state index in [9.17, 15) is 13.2 Å². The standard InChI is InChI=1S/C26H23N3O6S/c1-33-20-10-12-21(13-11-20)36(31,32)35-24-14-9-19(17-25(24)34-2)18-27-28-26(30)22-7-3-4-8-23(22)29-15-5-6-16-29/h3-18H,1-2H3,(H,28,30)/b27-18-. The number of aromatic nitrogens is 1. The highest BCUT2D eigenvalue weighted by Gasteiger charge is 2.19. The summed E-state index contributed by atoms with van der Waals surface area (Å²) in [4.78, 5) is 12.7. The van der Waals surface area contributed by atoms with E-state index in [2.05, 4.69) is 10.5 Å². The van der Waals surface area contributed by atoms with Gasteiger partial charge in [0.15, 0.2) is 11.5 Å². The summed E-state index contributed by atoms with van der Waals surface area (Å²) in [6.07, 6.45) is 5.11. The molecular weight excluding hydrogens is 482 g/mol. The molecular formula is C26H23N3O6S. The number of amides is 1. The Labute approximate surface area is 208 Å². The summed E-state index contributed by atoms with van der Waals surface area (Å²) in [6.45, 7) is 0. The van der Waals surface area contributed by atoms with Gasteiger partial charge in [-0.05, 0) is 72.3 Å². The van der Waals surface area contributed by atoms with Crippen molar-refractivity contribution in [3.63, 3.8) is 0 Å². The van der Waals surface area contributed by atoms with Gasteiger partial charge in [-0.1, -0.05) is 12.1 Å². The Morgan fingerprint density at radius 3 is 2.31 bits per heavy atom. The molecule has 0 atom stereocenters. The molecule has 0 aliphatic carbocycles. The van der Waals surface area contributed by atoms with Gasteiger partial charge in [0.1, 0.15) is 10.6 Å². The van der Waals surface area contributed by atoms with E-state index in [-0.39, 0.29) is 22.3 Å². The monoisotopic (exact) mass is 505 g/mol. The van der Waals surface area contributed by atoms with Gasteiger partial charge < -0.3 is 18.2 Å². The molecule has 184 valence electrons. The Morgan fingerprint density at radius 2 is 1.61 bits per heavy atom. The largest absolute Gasteiger partial charge is 0.497 e. The zero-order chi connectivity index (χ0) is 25.5. The highest BCUT2D eigenvalue weighted by molar-refractivity contribution is 7.87. The minimum absolute atomic E-state index is 0.00940. The highest BCUT2D eigenvalue weighted by Crippen LogP contribution is 2.30. The normalized spacial score (nSPS) is 11.3. The third-order valence-electron chi connectivity index (χ3n) is 5.15. The Hall–Kier alpha value is -4.57. The molecule has 1 amide bonds. The van der Waals surface area contributed by atoms with Crippen LogP contribution in [0.5, 0.6) is 17.2 Å². The van der Waals surface area contributed by atoms with Crippen LogP contribution in [0.4, 0.5) is 0 Å². The van der Waals surface area contributed by atoms with Gasteiger partial charge in [0.2, 0.25) is 0 Å². The summed E-state index contributed by atoms with van der Waals surface area (Å²) in [5, 5.41) is 4.02. The summed E-state index contributed by atoms with van der Waals surface area (Å²) in [5.74, 6) is 0.332. The van der Waals surface area contributed by atoms with Crippen LogP contribution in [-0.4, -0.2) is 39.3 Å². The predicted molar refractivity (Wildman–Crippen MR) is 135 cm³/mol. The van der Waals surface area contributed by atoms with Gasteiger partial charge in [-0.15, -0.1) is 0 Å². The van der Waals surface area contributed by atoms with Crippen molar-refractivity contribution >= 4 is 22.2 Å². The molecule has 4 aromatic rings. The number of ether oxygens (including phenoxy) is 2. The first-order chi connectivity index (χ1) is 17.4. The summed E-state index contributed by atoms with van der Waals surface area (Å²) in [5.41, 5.74) is 4.24. The van der Waals surface area contributed by atoms with Crippen LogP contribution in [0.2, 0.25) is 0 Å². The van der Waals surface area contributed by atoms with Crippen molar-refractivity contribution in [1.82, 2.24) is 9.99 Å². The van der Waals surface area contributed by atoms with Crippen molar-refractivity contribution in [3.8, 4) is 22.9 Å². The molecule has 1 heterocycles. The van der Waals surface area contributed by atoms with Gasteiger partial charge in [0.25, 0.3) is 5.91 Å². The number of hydrogen-bond donors (Lipinski definition) is 1. The summed E-state index contributed by atoms with van der Waals surface area (Å²) in [7, 11) is -1.21. The van der Waals surface area contributed by atoms with Gasteiger partial charge in [-0.2, -0.15) is 13.5 Å². The van der Waals surface area contributed by atoms with Crippen LogP contribution in [0.1, 0.15) is 15.9 Å². The minimum atomic E-state index is -4.09. The van der Waals surface area contributed by atoms with Gasteiger partial charge >= 0.3 is 10.1 Å². The number of rotatable bonds is 9. The molecule has 3 aromatic carbocycles. The topological polar surface area (TPSA) is 108 Å². The molecule has 0 radical (unpaired) electrons. The number of hydrazone groups is 1. The van der Waals surface area contributed by atoms with E-state index in [1.807, 2.05) is 41.2 Å². The lowest BCUT2D eigenvalue weighted by Crippen LogP contribution is -2.19. The van der Waals surface area contributed by atoms with Crippen LogP contribution in [0, 0.1) is 0 Å². The first-order valence-electron chi connectivity index (χ1n) is 10.7. The molecule has 1 N–H and O–H groups in total. The van der Waals surface area contributed by atoms with Gasteiger partial charge in [-0.3, -0.25) is 4.79 Å². The number of nitrogens with zero attached hydrogens (tertiary/aromatic N) is 2. The minimum Gasteiger partial charge on any atom is -0.497 e. The second-order valence-electron chi connectivity index (χ2n) is 7.43. The Kier molecular flexibility index (Phi) is 7.36. The van der Waals surface area contributed by atoms with E-state index in [1.165, 1.54) is 50.8 Å². The lowest BCUT2D eigenvalue weighted by molar-refractivity contribution is 0.0955. The Balaban J connectivity index is 1.47. The van der Waals surface area contributed by atoms with E-state index >= 15 is 0 Å². The second-order valence-corrected chi connectivity index (χ2v) is 8.98. The van der Waals surface area contributed by atoms with Gasteiger partial charge in [0.05, 0.1) is 31.7 Å². The van der Waals surface area contributed by atoms with Crippen LogP contribution in [0.3, 0.4) is 0 Å². The zero-order valence-electron chi connectivity index (χ0n) is 19.5. The van der Waals surface area contributed by atoms with Crippen LogP contribution >= 0.6 is 0 Å². The first kappa shape index (κ1) is 24.6. The van der Waals surface area contributed by atoms with E-state index in [1.54, 1.807) is 24.3 Å². The lowest BCUT2D eigenvalue weighted by Gasteiger charge is -2.11. The number of carbonyl (C=O) groups excluding carboxylic acids is 1. The van der Waals surface area contributed by atoms with Crippen molar-refractivity contribution in [2.24, 2.45) is 5.10 Å². The molecule has 36 heavy (non-hydrogen) atoms. The smallest absolute Gasteiger partial charge is 0.339 e. The summed E-state index contributed by atoms with van der Waals surface area (Å²) in [6, 6.07) is 21.3. The van der Waals surface area contributed by atoms with Crippen molar-refractivity contribution in [1.29, 1.82) is 0 Å².